The molecule has 2 rings (SSSR count). The van der Waals surface area contributed by atoms with Gasteiger partial charge < -0.3 is 9.64 Å². The smallest absolute Gasteiger partial charge is 0.225 e. The number of hydrogen-bond donors (Lipinski definition) is 0. The third-order valence-electron chi connectivity index (χ3n) is 5.68. The van der Waals surface area contributed by atoms with Gasteiger partial charge in [-0.2, -0.15) is 0 Å². The summed E-state index contributed by atoms with van der Waals surface area (Å²) in [5.74, 6) is 1.24. The number of morpholine rings is 1. The number of piperidine rings is 1. The van der Waals surface area contributed by atoms with Gasteiger partial charge in [0.05, 0.1) is 12.2 Å². The lowest BCUT2D eigenvalue weighted by Crippen LogP contribution is -2.57. The van der Waals surface area contributed by atoms with Gasteiger partial charge in [-0.25, -0.2) is 0 Å². The number of carbonyl (C=O) groups excluding carboxylic acids is 1. The first-order valence-electron chi connectivity index (χ1n) is 9.61. The van der Waals surface area contributed by atoms with Crippen molar-refractivity contribution in [2.75, 3.05) is 39.3 Å². The molecule has 2 fully saturated rings. The van der Waals surface area contributed by atoms with Gasteiger partial charge in [0, 0.05) is 32.1 Å². The molecule has 4 nitrogen and oxygen atoms in total. The van der Waals surface area contributed by atoms with Crippen LogP contribution in [0.25, 0.3) is 0 Å². The molecule has 1 atom stereocenters. The largest absolute Gasteiger partial charge is 0.372 e. The van der Waals surface area contributed by atoms with Gasteiger partial charge >= 0.3 is 0 Å². The second-order valence-electron chi connectivity index (χ2n) is 7.94. The molecule has 134 valence electrons. The Morgan fingerprint density at radius 2 is 1.87 bits per heavy atom. The fourth-order valence-electron chi connectivity index (χ4n) is 3.78. The zero-order valence-electron chi connectivity index (χ0n) is 15.6. The summed E-state index contributed by atoms with van der Waals surface area (Å²) in [5.41, 5.74) is 0.00236. The third kappa shape index (κ3) is 5.18. The van der Waals surface area contributed by atoms with Crippen molar-refractivity contribution in [3.05, 3.63) is 0 Å². The molecule has 0 aromatic carbocycles. The van der Waals surface area contributed by atoms with Crippen molar-refractivity contribution in [2.24, 2.45) is 11.8 Å². The zero-order chi connectivity index (χ0) is 16.9. The van der Waals surface area contributed by atoms with E-state index in [-0.39, 0.29) is 11.5 Å². The highest BCUT2D eigenvalue weighted by Gasteiger charge is 2.40. The second kappa shape index (κ2) is 8.48. The molecule has 1 amide bonds. The number of carbonyl (C=O) groups is 1. The molecular weight excluding hydrogens is 288 g/mol. The molecule has 0 aliphatic carbocycles. The SMILES string of the molecule is CCC(C)CCCN1CCOC2(CCN(C(=O)C(C)C)CC2)C1. The predicted octanol–water partition coefficient (Wildman–Crippen LogP) is 3.16. The van der Waals surface area contributed by atoms with Crippen LogP contribution < -0.4 is 0 Å². The maximum Gasteiger partial charge on any atom is 0.225 e. The van der Waals surface area contributed by atoms with E-state index in [9.17, 15) is 4.79 Å². The first-order chi connectivity index (χ1) is 11.0. The molecule has 2 saturated heterocycles. The van der Waals surface area contributed by atoms with E-state index in [2.05, 4.69) is 18.7 Å². The van der Waals surface area contributed by atoms with Gasteiger partial charge in [-0.3, -0.25) is 9.69 Å². The van der Waals surface area contributed by atoms with Gasteiger partial charge in [-0.1, -0.05) is 34.1 Å². The van der Waals surface area contributed by atoms with Crippen molar-refractivity contribution in [2.45, 2.75) is 65.4 Å². The van der Waals surface area contributed by atoms with Crippen molar-refractivity contribution < 1.29 is 9.53 Å². The van der Waals surface area contributed by atoms with E-state index in [1.54, 1.807) is 0 Å². The van der Waals surface area contributed by atoms with E-state index in [0.717, 1.165) is 51.5 Å². The van der Waals surface area contributed by atoms with E-state index in [4.69, 9.17) is 4.74 Å². The highest BCUT2D eigenvalue weighted by Crippen LogP contribution is 2.31. The molecule has 2 aliphatic heterocycles. The van der Waals surface area contributed by atoms with Crippen LogP contribution in [0.5, 0.6) is 0 Å². The van der Waals surface area contributed by atoms with Gasteiger partial charge in [-0.15, -0.1) is 0 Å². The fourth-order valence-corrected chi connectivity index (χ4v) is 3.78. The molecule has 0 bridgehead atoms. The second-order valence-corrected chi connectivity index (χ2v) is 7.94. The summed E-state index contributed by atoms with van der Waals surface area (Å²) in [6.07, 6.45) is 5.90. The Kier molecular flexibility index (Phi) is 6.90. The third-order valence-corrected chi connectivity index (χ3v) is 5.68. The molecule has 4 heteroatoms. The van der Waals surface area contributed by atoms with Crippen molar-refractivity contribution in [3.63, 3.8) is 0 Å². The minimum Gasteiger partial charge on any atom is -0.372 e. The molecule has 0 saturated carbocycles. The van der Waals surface area contributed by atoms with Gasteiger partial charge in [0.15, 0.2) is 0 Å². The van der Waals surface area contributed by atoms with Crippen molar-refractivity contribution in [1.29, 1.82) is 0 Å². The summed E-state index contributed by atoms with van der Waals surface area (Å²) in [6.45, 7) is 14.5. The lowest BCUT2D eigenvalue weighted by Gasteiger charge is -2.47. The minimum atomic E-state index is 0.00236. The Labute approximate surface area is 142 Å². The topological polar surface area (TPSA) is 32.8 Å². The van der Waals surface area contributed by atoms with Crippen LogP contribution in [0, 0.1) is 11.8 Å². The summed E-state index contributed by atoms with van der Waals surface area (Å²) in [5, 5.41) is 0. The Hall–Kier alpha value is -0.610. The summed E-state index contributed by atoms with van der Waals surface area (Å²) < 4.78 is 6.19. The molecule has 0 N–H and O–H groups in total. The van der Waals surface area contributed by atoms with E-state index in [1.165, 1.54) is 25.8 Å². The van der Waals surface area contributed by atoms with E-state index in [0.29, 0.717) is 5.91 Å². The number of rotatable bonds is 6. The van der Waals surface area contributed by atoms with Crippen molar-refractivity contribution in [1.82, 2.24) is 9.80 Å². The monoisotopic (exact) mass is 324 g/mol. The molecule has 1 unspecified atom stereocenters. The maximum atomic E-state index is 12.1. The van der Waals surface area contributed by atoms with Gasteiger partial charge in [0.1, 0.15) is 0 Å². The van der Waals surface area contributed by atoms with E-state index >= 15 is 0 Å². The normalized spacial score (nSPS) is 23.4. The minimum absolute atomic E-state index is 0.00236. The highest BCUT2D eigenvalue weighted by atomic mass is 16.5. The molecule has 0 radical (unpaired) electrons. The highest BCUT2D eigenvalue weighted by molar-refractivity contribution is 5.78. The van der Waals surface area contributed by atoms with Crippen LogP contribution in [0.15, 0.2) is 0 Å². The lowest BCUT2D eigenvalue weighted by molar-refractivity contribution is -0.152. The van der Waals surface area contributed by atoms with Crippen LogP contribution in [-0.2, 0) is 9.53 Å². The number of hydrogen-bond acceptors (Lipinski definition) is 3. The van der Waals surface area contributed by atoms with Crippen LogP contribution in [-0.4, -0.2) is 60.6 Å². The Morgan fingerprint density at radius 1 is 1.17 bits per heavy atom. The fraction of sp³-hybridized carbons (Fsp3) is 0.947. The number of amides is 1. The molecule has 0 aromatic rings. The first-order valence-corrected chi connectivity index (χ1v) is 9.61. The Bertz CT molecular complexity index is 376. The van der Waals surface area contributed by atoms with Crippen LogP contribution in [0.4, 0.5) is 0 Å². The average molecular weight is 325 g/mol. The summed E-state index contributed by atoms with van der Waals surface area (Å²) in [4.78, 5) is 16.8. The lowest BCUT2D eigenvalue weighted by atomic mass is 9.88. The molecule has 1 spiro atoms. The van der Waals surface area contributed by atoms with Crippen LogP contribution in [0.3, 0.4) is 0 Å². The quantitative estimate of drug-likeness (QED) is 0.752. The van der Waals surface area contributed by atoms with Gasteiger partial charge in [0.25, 0.3) is 0 Å². The molecule has 2 heterocycles. The number of nitrogens with zero attached hydrogens (tertiary/aromatic N) is 2. The molecule has 0 aromatic heterocycles. The number of likely N-dealkylation sites (tertiary alicyclic amines) is 1. The van der Waals surface area contributed by atoms with Crippen LogP contribution >= 0.6 is 0 Å². The van der Waals surface area contributed by atoms with E-state index in [1.807, 2.05) is 18.7 Å². The number of ether oxygens (including phenoxy) is 1. The molecular formula is C19H36N2O2. The standard InChI is InChI=1S/C19H36N2O2/c1-5-17(4)7-6-10-20-13-14-23-19(15-20)8-11-21(12-9-19)18(22)16(2)3/h16-17H,5-15H2,1-4H3. The van der Waals surface area contributed by atoms with E-state index < -0.39 is 0 Å². The van der Waals surface area contributed by atoms with Crippen LogP contribution in [0.1, 0.15) is 59.8 Å². The summed E-state index contributed by atoms with van der Waals surface area (Å²) >= 11 is 0. The summed E-state index contributed by atoms with van der Waals surface area (Å²) in [7, 11) is 0. The Morgan fingerprint density at radius 3 is 2.48 bits per heavy atom. The van der Waals surface area contributed by atoms with Crippen molar-refractivity contribution >= 4 is 5.91 Å². The first kappa shape index (κ1) is 18.7. The van der Waals surface area contributed by atoms with Crippen LogP contribution in [0.2, 0.25) is 0 Å². The average Bonchev–Trinajstić information content (AvgIpc) is 2.55. The molecule has 2 aliphatic rings. The zero-order valence-corrected chi connectivity index (χ0v) is 15.6. The predicted molar refractivity (Wildman–Crippen MR) is 94.5 cm³/mol. The van der Waals surface area contributed by atoms with Crippen molar-refractivity contribution in [3.8, 4) is 0 Å². The maximum absolute atomic E-state index is 12.1. The Balaban J connectivity index is 1.78. The van der Waals surface area contributed by atoms with Gasteiger partial charge in [-0.05, 0) is 38.1 Å². The molecule has 23 heavy (non-hydrogen) atoms. The summed E-state index contributed by atoms with van der Waals surface area (Å²) in [6, 6.07) is 0. The van der Waals surface area contributed by atoms with Gasteiger partial charge in [0.2, 0.25) is 5.91 Å².